The minimum atomic E-state index is -0.455. The first-order chi connectivity index (χ1) is 11.2. The van der Waals surface area contributed by atoms with Gasteiger partial charge in [-0.15, -0.1) is 0 Å². The molecule has 2 atom stereocenters. The maximum atomic E-state index is 10.4. The van der Waals surface area contributed by atoms with Crippen LogP contribution >= 0.6 is 11.6 Å². The van der Waals surface area contributed by atoms with E-state index in [4.69, 9.17) is 21.1 Å². The largest absolute Gasteiger partial charge is 0.488 e. The van der Waals surface area contributed by atoms with E-state index in [0.29, 0.717) is 11.6 Å². The summed E-state index contributed by atoms with van der Waals surface area (Å²) in [6.07, 6.45) is 0.243. The van der Waals surface area contributed by atoms with Crippen LogP contribution in [0.5, 0.6) is 5.75 Å². The molecule has 1 N–H and O–H groups in total. The van der Waals surface area contributed by atoms with Crippen LogP contribution in [0.25, 0.3) is 0 Å². The quantitative estimate of drug-likeness (QED) is 0.880. The molecule has 0 spiro atoms. The number of aliphatic hydroxyl groups excluding tert-OH is 1. The van der Waals surface area contributed by atoms with Crippen molar-refractivity contribution in [2.75, 3.05) is 52.5 Å². The third kappa shape index (κ3) is 5.06. The van der Waals surface area contributed by atoms with Crippen LogP contribution in [-0.2, 0) is 4.74 Å². The second-order valence-corrected chi connectivity index (χ2v) is 6.66. The van der Waals surface area contributed by atoms with Crippen molar-refractivity contribution in [2.45, 2.75) is 18.6 Å². The van der Waals surface area contributed by atoms with E-state index in [1.807, 2.05) is 12.1 Å². The lowest BCUT2D eigenvalue weighted by atomic mass is 10.0. The summed E-state index contributed by atoms with van der Waals surface area (Å²) in [6.45, 7) is 7.35. The lowest BCUT2D eigenvalue weighted by Gasteiger charge is -2.37. The van der Waals surface area contributed by atoms with Gasteiger partial charge >= 0.3 is 0 Å². The molecule has 0 aliphatic carbocycles. The van der Waals surface area contributed by atoms with Gasteiger partial charge in [0, 0.05) is 44.3 Å². The van der Waals surface area contributed by atoms with Gasteiger partial charge in [0.15, 0.2) is 0 Å². The van der Waals surface area contributed by atoms with Crippen molar-refractivity contribution in [1.82, 2.24) is 9.80 Å². The van der Waals surface area contributed by atoms with Crippen LogP contribution in [0.1, 0.15) is 6.42 Å². The topological polar surface area (TPSA) is 45.2 Å². The molecule has 0 amide bonds. The van der Waals surface area contributed by atoms with E-state index >= 15 is 0 Å². The zero-order valence-corrected chi connectivity index (χ0v) is 14.1. The fourth-order valence-corrected chi connectivity index (χ4v) is 3.24. The third-order valence-corrected chi connectivity index (χ3v) is 4.79. The number of benzene rings is 1. The van der Waals surface area contributed by atoms with Crippen LogP contribution in [0.2, 0.25) is 5.02 Å². The fraction of sp³-hybridized carbons (Fsp3) is 0.647. The molecule has 6 heteroatoms. The average Bonchev–Trinajstić information content (AvgIpc) is 2.58. The van der Waals surface area contributed by atoms with Gasteiger partial charge in [-0.25, -0.2) is 0 Å². The Bertz CT molecular complexity index is 479. The van der Waals surface area contributed by atoms with E-state index in [-0.39, 0.29) is 6.10 Å². The lowest BCUT2D eigenvalue weighted by molar-refractivity contribution is -0.0300. The zero-order valence-electron chi connectivity index (χ0n) is 13.4. The molecule has 2 aliphatic rings. The third-order valence-electron chi connectivity index (χ3n) is 4.54. The standard InChI is InChI=1S/C17H25ClN2O3/c18-14-1-3-15(4-2-14)23-17-5-6-20(13-16(17)21)8-7-19-9-11-22-12-10-19/h1-4,16-17,21H,5-13H2/t16-,17-/m1/s1. The highest BCUT2D eigenvalue weighted by molar-refractivity contribution is 6.30. The predicted molar refractivity (Wildman–Crippen MR) is 90.2 cm³/mol. The Hall–Kier alpha value is -0.850. The highest BCUT2D eigenvalue weighted by atomic mass is 35.5. The van der Waals surface area contributed by atoms with Gasteiger partial charge in [-0.2, -0.15) is 0 Å². The summed E-state index contributed by atoms with van der Waals surface area (Å²) in [6, 6.07) is 7.31. The fourth-order valence-electron chi connectivity index (χ4n) is 3.11. The Morgan fingerprint density at radius 1 is 1.09 bits per heavy atom. The number of rotatable bonds is 5. The van der Waals surface area contributed by atoms with Crippen LogP contribution in [0.15, 0.2) is 24.3 Å². The molecular formula is C17H25ClN2O3. The SMILES string of the molecule is O[C@@H]1CN(CCN2CCOCC2)CC[C@H]1Oc1ccc(Cl)cc1. The monoisotopic (exact) mass is 340 g/mol. The van der Waals surface area contributed by atoms with Gasteiger partial charge in [-0.1, -0.05) is 11.6 Å². The first-order valence-electron chi connectivity index (χ1n) is 8.33. The number of halogens is 1. The van der Waals surface area contributed by atoms with Crippen molar-refractivity contribution in [3.05, 3.63) is 29.3 Å². The molecule has 1 aromatic carbocycles. The molecule has 2 aliphatic heterocycles. The number of piperidine rings is 1. The highest BCUT2D eigenvalue weighted by Gasteiger charge is 2.29. The Labute approximate surface area is 142 Å². The van der Waals surface area contributed by atoms with Crippen molar-refractivity contribution in [2.24, 2.45) is 0 Å². The number of likely N-dealkylation sites (tertiary alicyclic amines) is 1. The number of morpholine rings is 1. The second-order valence-electron chi connectivity index (χ2n) is 6.22. The van der Waals surface area contributed by atoms with Gasteiger partial charge in [-0.3, -0.25) is 9.80 Å². The molecule has 23 heavy (non-hydrogen) atoms. The summed E-state index contributed by atoms with van der Waals surface area (Å²) < 4.78 is 11.3. The first-order valence-corrected chi connectivity index (χ1v) is 8.71. The minimum absolute atomic E-state index is 0.143. The first kappa shape index (κ1) is 17.0. The van der Waals surface area contributed by atoms with Gasteiger partial charge in [0.1, 0.15) is 18.0 Å². The molecule has 2 heterocycles. The average molecular weight is 341 g/mol. The van der Waals surface area contributed by atoms with Crippen LogP contribution in [-0.4, -0.2) is 79.6 Å². The lowest BCUT2D eigenvalue weighted by Crippen LogP contribution is -2.51. The van der Waals surface area contributed by atoms with Crippen molar-refractivity contribution in [3.63, 3.8) is 0 Å². The molecule has 5 nitrogen and oxygen atoms in total. The Morgan fingerprint density at radius 2 is 1.78 bits per heavy atom. The molecule has 0 bridgehead atoms. The minimum Gasteiger partial charge on any atom is -0.488 e. The molecular weight excluding hydrogens is 316 g/mol. The van der Waals surface area contributed by atoms with Crippen molar-refractivity contribution >= 4 is 11.6 Å². The molecule has 2 saturated heterocycles. The zero-order chi connectivity index (χ0) is 16.1. The summed E-state index contributed by atoms with van der Waals surface area (Å²) >= 11 is 5.88. The molecule has 0 unspecified atom stereocenters. The van der Waals surface area contributed by atoms with Crippen molar-refractivity contribution in [1.29, 1.82) is 0 Å². The molecule has 0 aromatic heterocycles. The molecule has 1 aromatic rings. The Kier molecular flexibility index (Phi) is 6.14. The van der Waals surface area contributed by atoms with E-state index in [1.165, 1.54) is 0 Å². The van der Waals surface area contributed by atoms with Crippen LogP contribution < -0.4 is 4.74 Å². The van der Waals surface area contributed by atoms with Gasteiger partial charge in [0.25, 0.3) is 0 Å². The van der Waals surface area contributed by atoms with Crippen LogP contribution in [0.4, 0.5) is 0 Å². The van der Waals surface area contributed by atoms with Gasteiger partial charge in [0.05, 0.1) is 13.2 Å². The number of β-amino-alcohol motifs (C(OH)–C–C–N with tert-alkyl or cyclic N) is 1. The molecule has 128 valence electrons. The van der Waals surface area contributed by atoms with Crippen LogP contribution in [0, 0.1) is 0 Å². The summed E-state index contributed by atoms with van der Waals surface area (Å²) in [5.41, 5.74) is 0. The normalized spacial score (nSPS) is 27.0. The van der Waals surface area contributed by atoms with E-state index in [9.17, 15) is 5.11 Å². The van der Waals surface area contributed by atoms with Crippen LogP contribution in [0.3, 0.4) is 0 Å². The number of hydrogen-bond donors (Lipinski definition) is 1. The maximum absolute atomic E-state index is 10.4. The second kappa shape index (κ2) is 8.31. The van der Waals surface area contributed by atoms with E-state index < -0.39 is 6.10 Å². The molecule has 0 radical (unpaired) electrons. The van der Waals surface area contributed by atoms with Gasteiger partial charge in [-0.05, 0) is 30.7 Å². The number of ether oxygens (including phenoxy) is 2. The van der Waals surface area contributed by atoms with E-state index in [0.717, 1.165) is 58.1 Å². The molecule has 3 rings (SSSR count). The molecule has 0 saturated carbocycles. The van der Waals surface area contributed by atoms with Crippen molar-refractivity contribution < 1.29 is 14.6 Å². The summed E-state index contributed by atoms with van der Waals surface area (Å²) in [5.74, 6) is 0.764. The predicted octanol–water partition coefficient (Wildman–Crippen LogP) is 1.49. The van der Waals surface area contributed by atoms with Gasteiger partial charge < -0.3 is 14.6 Å². The van der Waals surface area contributed by atoms with E-state index in [1.54, 1.807) is 12.1 Å². The van der Waals surface area contributed by atoms with Crippen molar-refractivity contribution in [3.8, 4) is 5.75 Å². The number of hydrogen-bond acceptors (Lipinski definition) is 5. The maximum Gasteiger partial charge on any atom is 0.127 e. The Morgan fingerprint density at radius 3 is 2.48 bits per heavy atom. The van der Waals surface area contributed by atoms with Gasteiger partial charge in [0.2, 0.25) is 0 Å². The summed E-state index contributed by atoms with van der Waals surface area (Å²) in [5, 5.41) is 11.1. The summed E-state index contributed by atoms with van der Waals surface area (Å²) in [7, 11) is 0. The smallest absolute Gasteiger partial charge is 0.127 e. The number of nitrogens with zero attached hydrogens (tertiary/aromatic N) is 2. The Balaban J connectivity index is 1.42. The highest BCUT2D eigenvalue weighted by Crippen LogP contribution is 2.21. The molecule has 2 fully saturated rings. The van der Waals surface area contributed by atoms with E-state index in [2.05, 4.69) is 9.80 Å². The summed E-state index contributed by atoms with van der Waals surface area (Å²) in [4.78, 5) is 4.74. The number of aliphatic hydroxyl groups is 1.